The van der Waals surface area contributed by atoms with E-state index in [0.29, 0.717) is 11.8 Å². The molecule has 78 valence electrons. The Morgan fingerprint density at radius 1 is 1.21 bits per heavy atom. The monoisotopic (exact) mass is 256 g/mol. The van der Waals surface area contributed by atoms with Crippen LogP contribution in [-0.4, -0.2) is 12.4 Å². The van der Waals surface area contributed by atoms with Crippen molar-refractivity contribution in [3.8, 4) is 5.75 Å². The van der Waals surface area contributed by atoms with Crippen molar-refractivity contribution < 1.29 is 4.74 Å². The minimum atomic E-state index is 0.584. The van der Waals surface area contributed by atoms with Crippen LogP contribution in [0.5, 0.6) is 5.75 Å². The predicted molar refractivity (Wildman–Crippen MR) is 64.4 cm³/mol. The Balaban J connectivity index is 2.84. The summed E-state index contributed by atoms with van der Waals surface area (Å²) in [5.74, 6) is 2.16. The van der Waals surface area contributed by atoms with E-state index in [1.165, 1.54) is 5.56 Å². The lowest BCUT2D eigenvalue weighted by Crippen LogP contribution is -2.07. The molecule has 0 aliphatic carbocycles. The van der Waals surface area contributed by atoms with Crippen molar-refractivity contribution in [2.24, 2.45) is 5.92 Å². The average Bonchev–Trinajstić information content (AvgIpc) is 2.19. The first-order chi connectivity index (χ1) is 6.69. The molecule has 1 nitrogen and oxygen atoms in total. The van der Waals surface area contributed by atoms with Crippen LogP contribution in [0.4, 0.5) is 0 Å². The van der Waals surface area contributed by atoms with Gasteiger partial charge in [0.2, 0.25) is 0 Å². The van der Waals surface area contributed by atoms with Crippen molar-refractivity contribution >= 4 is 15.9 Å². The summed E-state index contributed by atoms with van der Waals surface area (Å²) in [5, 5.41) is 1.01. The van der Waals surface area contributed by atoms with Gasteiger partial charge in [0, 0.05) is 5.33 Å². The van der Waals surface area contributed by atoms with E-state index in [1.807, 2.05) is 12.1 Å². The van der Waals surface area contributed by atoms with Crippen LogP contribution in [0.15, 0.2) is 24.3 Å². The third kappa shape index (κ3) is 2.74. The zero-order chi connectivity index (χ0) is 10.6. The van der Waals surface area contributed by atoms with Gasteiger partial charge in [-0.05, 0) is 29.5 Å². The first-order valence-corrected chi connectivity index (χ1v) is 6.01. The number of hydrogen-bond acceptors (Lipinski definition) is 1. The Bertz CT molecular complexity index is 266. The van der Waals surface area contributed by atoms with Gasteiger partial charge in [0.1, 0.15) is 5.75 Å². The van der Waals surface area contributed by atoms with Crippen molar-refractivity contribution in [2.45, 2.75) is 19.8 Å². The highest BCUT2D eigenvalue weighted by Crippen LogP contribution is 2.27. The zero-order valence-electron chi connectivity index (χ0n) is 8.96. The molecular formula is C12H17BrO. The van der Waals surface area contributed by atoms with Crippen LogP contribution in [0.2, 0.25) is 0 Å². The van der Waals surface area contributed by atoms with E-state index < -0.39 is 0 Å². The van der Waals surface area contributed by atoms with Crippen LogP contribution < -0.4 is 4.74 Å². The molecule has 0 aliphatic rings. The average molecular weight is 257 g/mol. The smallest absolute Gasteiger partial charge is 0.118 e. The molecular weight excluding hydrogens is 240 g/mol. The summed E-state index contributed by atoms with van der Waals surface area (Å²) in [4.78, 5) is 0. The number of rotatable bonds is 4. The highest BCUT2D eigenvalue weighted by molar-refractivity contribution is 9.09. The summed E-state index contributed by atoms with van der Waals surface area (Å²) in [6.07, 6.45) is 0. The lowest BCUT2D eigenvalue weighted by Gasteiger charge is -2.18. The van der Waals surface area contributed by atoms with Gasteiger partial charge in [-0.2, -0.15) is 0 Å². The predicted octanol–water partition coefficient (Wildman–Crippen LogP) is 3.83. The fraction of sp³-hybridized carbons (Fsp3) is 0.500. The molecule has 1 aromatic rings. The topological polar surface area (TPSA) is 9.23 Å². The first kappa shape index (κ1) is 11.6. The van der Waals surface area contributed by atoms with Crippen LogP contribution in [-0.2, 0) is 0 Å². The number of benzene rings is 1. The summed E-state index contributed by atoms with van der Waals surface area (Å²) in [7, 11) is 1.69. The Hall–Kier alpha value is -0.500. The van der Waals surface area contributed by atoms with E-state index in [0.717, 1.165) is 11.1 Å². The minimum Gasteiger partial charge on any atom is -0.497 e. The molecule has 0 heterocycles. The van der Waals surface area contributed by atoms with Gasteiger partial charge in [-0.15, -0.1) is 0 Å². The Kier molecular flexibility index (Phi) is 4.46. The van der Waals surface area contributed by atoms with Gasteiger partial charge in [0.25, 0.3) is 0 Å². The van der Waals surface area contributed by atoms with Crippen molar-refractivity contribution in [3.05, 3.63) is 29.8 Å². The van der Waals surface area contributed by atoms with Gasteiger partial charge in [0.05, 0.1) is 7.11 Å². The molecule has 0 fully saturated rings. The van der Waals surface area contributed by atoms with Crippen molar-refractivity contribution in [2.75, 3.05) is 12.4 Å². The number of hydrogen-bond donors (Lipinski definition) is 0. The van der Waals surface area contributed by atoms with E-state index in [-0.39, 0.29) is 0 Å². The molecule has 0 saturated carbocycles. The number of ether oxygens (including phenoxy) is 1. The third-order valence-electron chi connectivity index (χ3n) is 2.51. The molecule has 0 amide bonds. The second-order valence-electron chi connectivity index (χ2n) is 3.78. The summed E-state index contributed by atoms with van der Waals surface area (Å²) >= 11 is 3.56. The fourth-order valence-corrected chi connectivity index (χ4v) is 2.62. The van der Waals surface area contributed by atoms with Crippen LogP contribution in [0.3, 0.4) is 0 Å². The van der Waals surface area contributed by atoms with Gasteiger partial charge in [-0.1, -0.05) is 41.9 Å². The van der Waals surface area contributed by atoms with Gasteiger partial charge in [-0.25, -0.2) is 0 Å². The second-order valence-corrected chi connectivity index (χ2v) is 4.43. The van der Waals surface area contributed by atoms with Gasteiger partial charge in [-0.3, -0.25) is 0 Å². The number of alkyl halides is 1. The van der Waals surface area contributed by atoms with Crippen LogP contribution >= 0.6 is 15.9 Å². The highest BCUT2D eigenvalue weighted by Gasteiger charge is 2.13. The third-order valence-corrected chi connectivity index (χ3v) is 3.21. The molecule has 1 aromatic carbocycles. The standard InChI is InChI=1S/C12H17BrO/c1-9(2)12(8-13)10-4-6-11(14-3)7-5-10/h4-7,9,12H,8H2,1-3H3/t12-/m0/s1. The quantitative estimate of drug-likeness (QED) is 0.745. The lowest BCUT2D eigenvalue weighted by molar-refractivity contribution is 0.414. The molecule has 2 heteroatoms. The fourth-order valence-electron chi connectivity index (χ4n) is 1.50. The van der Waals surface area contributed by atoms with Gasteiger partial charge < -0.3 is 4.74 Å². The van der Waals surface area contributed by atoms with E-state index in [9.17, 15) is 0 Å². The van der Waals surface area contributed by atoms with Crippen LogP contribution in [0.1, 0.15) is 25.3 Å². The molecule has 0 aromatic heterocycles. The summed E-state index contributed by atoms with van der Waals surface area (Å²) in [6.45, 7) is 4.49. The SMILES string of the molecule is COc1ccc([C@@H](CBr)C(C)C)cc1. The molecule has 1 atom stereocenters. The van der Waals surface area contributed by atoms with E-state index in [4.69, 9.17) is 4.74 Å². The highest BCUT2D eigenvalue weighted by atomic mass is 79.9. The molecule has 0 spiro atoms. The Morgan fingerprint density at radius 2 is 1.79 bits per heavy atom. The molecule has 0 saturated heterocycles. The molecule has 0 bridgehead atoms. The molecule has 0 radical (unpaired) electrons. The van der Waals surface area contributed by atoms with Crippen LogP contribution in [0.25, 0.3) is 0 Å². The zero-order valence-corrected chi connectivity index (χ0v) is 10.5. The Morgan fingerprint density at radius 3 is 2.14 bits per heavy atom. The van der Waals surface area contributed by atoms with Crippen molar-refractivity contribution in [1.82, 2.24) is 0 Å². The maximum absolute atomic E-state index is 5.13. The summed E-state index contributed by atoms with van der Waals surface area (Å²) in [5.41, 5.74) is 1.37. The first-order valence-electron chi connectivity index (χ1n) is 4.89. The van der Waals surface area contributed by atoms with E-state index in [2.05, 4.69) is 41.9 Å². The lowest BCUT2D eigenvalue weighted by atomic mass is 9.90. The largest absolute Gasteiger partial charge is 0.497 e. The van der Waals surface area contributed by atoms with Crippen molar-refractivity contribution in [3.63, 3.8) is 0 Å². The maximum atomic E-state index is 5.13. The van der Waals surface area contributed by atoms with Gasteiger partial charge in [0.15, 0.2) is 0 Å². The number of halogens is 1. The van der Waals surface area contributed by atoms with E-state index in [1.54, 1.807) is 7.11 Å². The second kappa shape index (κ2) is 5.40. The normalized spacial score (nSPS) is 12.9. The summed E-state index contributed by atoms with van der Waals surface area (Å²) < 4.78 is 5.13. The number of methoxy groups -OCH3 is 1. The van der Waals surface area contributed by atoms with Crippen LogP contribution in [0, 0.1) is 5.92 Å². The van der Waals surface area contributed by atoms with E-state index >= 15 is 0 Å². The Labute approximate surface area is 94.6 Å². The maximum Gasteiger partial charge on any atom is 0.118 e. The minimum absolute atomic E-state index is 0.584. The van der Waals surface area contributed by atoms with Crippen molar-refractivity contribution in [1.29, 1.82) is 0 Å². The summed E-state index contributed by atoms with van der Waals surface area (Å²) in [6, 6.07) is 8.33. The molecule has 14 heavy (non-hydrogen) atoms. The molecule has 1 rings (SSSR count). The molecule has 0 aliphatic heterocycles. The van der Waals surface area contributed by atoms with Gasteiger partial charge >= 0.3 is 0 Å². The molecule has 0 N–H and O–H groups in total. The molecule has 0 unspecified atom stereocenters.